The first kappa shape index (κ1) is 8.66. The van der Waals surface area contributed by atoms with Gasteiger partial charge < -0.3 is 5.11 Å². The molecule has 0 saturated carbocycles. The van der Waals surface area contributed by atoms with Crippen LogP contribution in [-0.4, -0.2) is 10.1 Å². The predicted molar refractivity (Wildman–Crippen MR) is 55.4 cm³/mol. The quantitative estimate of drug-likeness (QED) is 0.827. The lowest BCUT2D eigenvalue weighted by Gasteiger charge is -2.04. The monoisotopic (exact) mass is 237 g/mol. The lowest BCUT2D eigenvalue weighted by atomic mass is 10.1. The van der Waals surface area contributed by atoms with E-state index >= 15 is 0 Å². The Hall–Kier alpha value is -0.930. The number of aliphatic hydroxyl groups excluding tert-OH is 1. The molecule has 1 heterocycles. The fraction of sp³-hybridized carbons (Fsp3) is 0.100. The first-order valence-electron chi connectivity index (χ1n) is 3.96. The molecule has 0 amide bonds. The summed E-state index contributed by atoms with van der Waals surface area (Å²) in [7, 11) is 0. The minimum absolute atomic E-state index is 0.0314. The van der Waals surface area contributed by atoms with Crippen molar-refractivity contribution in [2.24, 2.45) is 0 Å². The summed E-state index contributed by atoms with van der Waals surface area (Å²) in [4.78, 5) is 4.20. The third-order valence-electron chi connectivity index (χ3n) is 2.00. The molecule has 0 atom stereocenters. The van der Waals surface area contributed by atoms with Crippen molar-refractivity contribution in [1.29, 1.82) is 0 Å². The molecule has 2 rings (SSSR count). The molecule has 2 nitrogen and oxygen atoms in total. The molecule has 0 aliphatic heterocycles. The lowest BCUT2D eigenvalue weighted by molar-refractivity contribution is 0.282. The van der Waals surface area contributed by atoms with Gasteiger partial charge in [-0.2, -0.15) is 0 Å². The average Bonchev–Trinajstić information content (AvgIpc) is 2.18. The molecule has 0 aliphatic carbocycles. The van der Waals surface area contributed by atoms with Crippen molar-refractivity contribution in [3.05, 3.63) is 40.5 Å². The number of hydrogen-bond donors (Lipinski definition) is 1. The number of halogens is 1. The molecule has 66 valence electrons. The molecule has 1 aromatic heterocycles. The van der Waals surface area contributed by atoms with Crippen LogP contribution in [0.4, 0.5) is 0 Å². The van der Waals surface area contributed by atoms with Crippen molar-refractivity contribution < 1.29 is 5.11 Å². The smallest absolute Gasteiger partial charge is 0.0706 e. The molecule has 1 aromatic carbocycles. The second-order valence-electron chi connectivity index (χ2n) is 2.75. The SMILES string of the molecule is OCc1c(Br)ccc2ncccc12. The first-order valence-corrected chi connectivity index (χ1v) is 4.75. The van der Waals surface area contributed by atoms with Crippen LogP contribution < -0.4 is 0 Å². The van der Waals surface area contributed by atoms with Crippen LogP contribution in [0.2, 0.25) is 0 Å². The van der Waals surface area contributed by atoms with Gasteiger partial charge in [0, 0.05) is 21.6 Å². The maximum Gasteiger partial charge on any atom is 0.0706 e. The molecular weight excluding hydrogens is 230 g/mol. The number of rotatable bonds is 1. The Balaban J connectivity index is 2.84. The highest BCUT2D eigenvalue weighted by Crippen LogP contribution is 2.24. The second-order valence-corrected chi connectivity index (χ2v) is 3.61. The van der Waals surface area contributed by atoms with Gasteiger partial charge in [0.2, 0.25) is 0 Å². The third kappa shape index (κ3) is 1.45. The van der Waals surface area contributed by atoms with Crippen LogP contribution in [0.5, 0.6) is 0 Å². The molecule has 0 saturated heterocycles. The van der Waals surface area contributed by atoms with Gasteiger partial charge in [0.1, 0.15) is 0 Å². The van der Waals surface area contributed by atoms with Crippen molar-refractivity contribution in [3.8, 4) is 0 Å². The lowest BCUT2D eigenvalue weighted by Crippen LogP contribution is -1.88. The van der Waals surface area contributed by atoms with Crippen molar-refractivity contribution in [3.63, 3.8) is 0 Å². The van der Waals surface area contributed by atoms with Gasteiger partial charge in [0.25, 0.3) is 0 Å². The second kappa shape index (κ2) is 3.44. The molecule has 0 spiro atoms. The molecule has 0 aliphatic rings. The van der Waals surface area contributed by atoms with Crippen LogP contribution in [0.3, 0.4) is 0 Å². The molecule has 0 fully saturated rings. The van der Waals surface area contributed by atoms with Gasteiger partial charge in [-0.05, 0) is 18.2 Å². The molecule has 2 aromatic rings. The summed E-state index contributed by atoms with van der Waals surface area (Å²) in [6.45, 7) is 0.0314. The normalized spacial score (nSPS) is 10.6. The Morgan fingerprint density at radius 3 is 2.92 bits per heavy atom. The molecule has 1 N–H and O–H groups in total. The van der Waals surface area contributed by atoms with E-state index in [4.69, 9.17) is 5.11 Å². The van der Waals surface area contributed by atoms with Gasteiger partial charge in [-0.1, -0.05) is 22.0 Å². The topological polar surface area (TPSA) is 33.1 Å². The van der Waals surface area contributed by atoms with E-state index in [0.717, 1.165) is 20.9 Å². The number of aromatic nitrogens is 1. The Bertz CT molecular complexity index is 442. The fourth-order valence-electron chi connectivity index (χ4n) is 1.35. The molecule has 13 heavy (non-hydrogen) atoms. The first-order chi connectivity index (χ1) is 6.33. The Labute approximate surface area is 84.4 Å². The number of benzene rings is 1. The maximum atomic E-state index is 9.16. The summed E-state index contributed by atoms with van der Waals surface area (Å²) in [5.41, 5.74) is 1.81. The number of fused-ring (bicyclic) bond motifs is 1. The van der Waals surface area contributed by atoms with E-state index in [2.05, 4.69) is 20.9 Å². The molecule has 0 radical (unpaired) electrons. The van der Waals surface area contributed by atoms with Gasteiger partial charge in [-0.3, -0.25) is 4.98 Å². The minimum atomic E-state index is 0.0314. The Morgan fingerprint density at radius 2 is 2.15 bits per heavy atom. The summed E-state index contributed by atoms with van der Waals surface area (Å²) < 4.78 is 0.926. The number of pyridine rings is 1. The molecular formula is C10H8BrNO. The number of aliphatic hydroxyl groups is 1. The van der Waals surface area contributed by atoms with Crippen molar-refractivity contribution >= 4 is 26.8 Å². The maximum absolute atomic E-state index is 9.16. The van der Waals surface area contributed by atoms with E-state index in [1.807, 2.05) is 24.3 Å². The van der Waals surface area contributed by atoms with Gasteiger partial charge in [0.05, 0.1) is 12.1 Å². The minimum Gasteiger partial charge on any atom is -0.392 e. The predicted octanol–water partition coefficient (Wildman–Crippen LogP) is 2.49. The Morgan fingerprint density at radius 1 is 1.31 bits per heavy atom. The standard InChI is InChI=1S/C10H8BrNO/c11-9-3-4-10-7(8(9)6-13)2-1-5-12-10/h1-5,13H,6H2. The highest BCUT2D eigenvalue weighted by Gasteiger charge is 2.03. The summed E-state index contributed by atoms with van der Waals surface area (Å²) in [5, 5.41) is 10.2. The van der Waals surface area contributed by atoms with Gasteiger partial charge >= 0.3 is 0 Å². The zero-order valence-corrected chi connectivity index (χ0v) is 8.45. The number of hydrogen-bond acceptors (Lipinski definition) is 2. The van der Waals surface area contributed by atoms with E-state index in [1.165, 1.54) is 0 Å². The van der Waals surface area contributed by atoms with Crippen molar-refractivity contribution in [2.45, 2.75) is 6.61 Å². The van der Waals surface area contributed by atoms with E-state index in [-0.39, 0.29) is 6.61 Å². The highest BCUT2D eigenvalue weighted by atomic mass is 79.9. The van der Waals surface area contributed by atoms with Crippen LogP contribution in [0.15, 0.2) is 34.9 Å². The zero-order valence-electron chi connectivity index (χ0n) is 6.87. The van der Waals surface area contributed by atoms with E-state index < -0.39 is 0 Å². The van der Waals surface area contributed by atoms with Crippen LogP contribution in [-0.2, 0) is 6.61 Å². The van der Waals surface area contributed by atoms with Crippen LogP contribution in [0, 0.1) is 0 Å². The van der Waals surface area contributed by atoms with Gasteiger partial charge in [-0.15, -0.1) is 0 Å². The fourth-order valence-corrected chi connectivity index (χ4v) is 1.82. The van der Waals surface area contributed by atoms with Crippen molar-refractivity contribution in [2.75, 3.05) is 0 Å². The molecule has 0 bridgehead atoms. The van der Waals surface area contributed by atoms with Crippen LogP contribution in [0.25, 0.3) is 10.9 Å². The average molecular weight is 238 g/mol. The van der Waals surface area contributed by atoms with E-state index in [0.29, 0.717) is 0 Å². The third-order valence-corrected chi connectivity index (χ3v) is 2.74. The largest absolute Gasteiger partial charge is 0.392 e. The molecule has 3 heteroatoms. The van der Waals surface area contributed by atoms with E-state index in [9.17, 15) is 0 Å². The molecule has 0 unspecified atom stereocenters. The highest BCUT2D eigenvalue weighted by molar-refractivity contribution is 9.10. The van der Waals surface area contributed by atoms with Crippen LogP contribution >= 0.6 is 15.9 Å². The zero-order chi connectivity index (χ0) is 9.26. The summed E-state index contributed by atoms with van der Waals surface area (Å²) in [5.74, 6) is 0. The van der Waals surface area contributed by atoms with Crippen LogP contribution in [0.1, 0.15) is 5.56 Å². The Kier molecular flexibility index (Phi) is 2.29. The summed E-state index contributed by atoms with van der Waals surface area (Å²) >= 11 is 3.39. The summed E-state index contributed by atoms with van der Waals surface area (Å²) in [6.07, 6.45) is 1.75. The summed E-state index contributed by atoms with van der Waals surface area (Å²) in [6, 6.07) is 7.66. The van der Waals surface area contributed by atoms with Gasteiger partial charge in [-0.25, -0.2) is 0 Å². The van der Waals surface area contributed by atoms with Crippen molar-refractivity contribution in [1.82, 2.24) is 4.98 Å². The van der Waals surface area contributed by atoms with Gasteiger partial charge in [0.15, 0.2) is 0 Å². The number of nitrogens with zero attached hydrogens (tertiary/aromatic N) is 1. The van der Waals surface area contributed by atoms with E-state index in [1.54, 1.807) is 6.20 Å².